The first-order valence-corrected chi connectivity index (χ1v) is 10.0. The highest BCUT2D eigenvalue weighted by molar-refractivity contribution is 9.10. The van der Waals surface area contributed by atoms with Gasteiger partial charge in [-0.15, -0.1) is 22.7 Å². The molecule has 0 amide bonds. The molecule has 3 rings (SSSR count). The molecule has 0 aliphatic carbocycles. The molecule has 27 heavy (non-hydrogen) atoms. The summed E-state index contributed by atoms with van der Waals surface area (Å²) in [7, 11) is 0. The van der Waals surface area contributed by atoms with Gasteiger partial charge >= 0.3 is 12.4 Å². The van der Waals surface area contributed by atoms with E-state index in [-0.39, 0.29) is 0 Å². The van der Waals surface area contributed by atoms with Gasteiger partial charge in [-0.25, -0.2) is 0 Å². The fourth-order valence-corrected chi connectivity index (χ4v) is 4.02. The van der Waals surface area contributed by atoms with Crippen LogP contribution in [0.5, 0.6) is 0 Å². The third-order valence-electron chi connectivity index (χ3n) is 3.11. The van der Waals surface area contributed by atoms with E-state index in [2.05, 4.69) is 15.9 Å². The lowest BCUT2D eigenvalue weighted by molar-refractivity contribution is -0.135. The molecule has 0 fully saturated rings. The number of benzene rings is 1. The van der Waals surface area contributed by atoms with Crippen LogP contribution in [-0.4, -0.2) is 0 Å². The van der Waals surface area contributed by atoms with Crippen molar-refractivity contribution in [2.75, 3.05) is 0 Å². The number of alkyl halides is 6. The quantitative estimate of drug-likeness (QED) is 0.305. The summed E-state index contributed by atoms with van der Waals surface area (Å²) >= 11 is 10.8. The smallest absolute Gasteiger partial charge is 0.165 e. The van der Waals surface area contributed by atoms with Gasteiger partial charge in [0.1, 0.15) is 9.75 Å². The average molecular weight is 508 g/mol. The fourth-order valence-electron chi connectivity index (χ4n) is 1.93. The Morgan fingerprint density at radius 1 is 0.889 bits per heavy atom. The molecule has 0 nitrogen and oxygen atoms in total. The van der Waals surface area contributed by atoms with Crippen LogP contribution in [0.4, 0.5) is 26.3 Å². The van der Waals surface area contributed by atoms with Crippen molar-refractivity contribution >= 4 is 50.2 Å². The monoisotopic (exact) mass is 506 g/mol. The van der Waals surface area contributed by atoms with Gasteiger partial charge in [0.25, 0.3) is 0 Å². The van der Waals surface area contributed by atoms with Gasteiger partial charge in [0.2, 0.25) is 0 Å². The SMILES string of the molecule is FC(F)(F)c1ccc(Cc2cc(Br)ccc2Cl)s1.FC(F)(F)c1cccs1. The minimum atomic E-state index is -4.27. The van der Waals surface area contributed by atoms with Crippen LogP contribution in [0.1, 0.15) is 20.2 Å². The van der Waals surface area contributed by atoms with E-state index in [0.29, 0.717) is 27.7 Å². The van der Waals surface area contributed by atoms with E-state index >= 15 is 0 Å². The van der Waals surface area contributed by atoms with Crippen LogP contribution in [0, 0.1) is 0 Å². The maximum absolute atomic E-state index is 12.5. The van der Waals surface area contributed by atoms with Gasteiger partial charge in [0, 0.05) is 20.8 Å². The number of hydrogen-bond donors (Lipinski definition) is 0. The topological polar surface area (TPSA) is 0 Å². The zero-order chi connectivity index (χ0) is 20.2. The van der Waals surface area contributed by atoms with Gasteiger partial charge in [-0.2, -0.15) is 26.3 Å². The van der Waals surface area contributed by atoms with Crippen molar-refractivity contribution in [3.63, 3.8) is 0 Å². The Labute approximate surface area is 172 Å². The molecule has 2 heterocycles. The molecule has 0 spiro atoms. The lowest BCUT2D eigenvalue weighted by Gasteiger charge is -2.04. The molecular weight excluding hydrogens is 498 g/mol. The van der Waals surface area contributed by atoms with Crippen molar-refractivity contribution in [3.8, 4) is 0 Å². The highest BCUT2D eigenvalue weighted by atomic mass is 79.9. The van der Waals surface area contributed by atoms with Crippen LogP contribution >= 0.6 is 50.2 Å². The van der Waals surface area contributed by atoms with Crippen LogP contribution in [0.25, 0.3) is 0 Å². The standard InChI is InChI=1S/C12H7BrClF3S.C5H3F3S/c13-8-1-3-10(14)7(5-8)6-9-2-4-11(18-9)12(15,16)17;6-5(7,8)4-2-1-3-9-4/h1-5H,6H2;1-3H. The Kier molecular flexibility index (Phi) is 7.40. The van der Waals surface area contributed by atoms with E-state index in [0.717, 1.165) is 33.5 Å². The van der Waals surface area contributed by atoms with Crippen LogP contribution < -0.4 is 0 Å². The second-order valence-corrected chi connectivity index (χ2v) is 8.59. The molecule has 2 aromatic heterocycles. The van der Waals surface area contributed by atoms with Crippen molar-refractivity contribution in [2.24, 2.45) is 0 Å². The van der Waals surface area contributed by atoms with Gasteiger partial charge in [0.15, 0.2) is 0 Å². The van der Waals surface area contributed by atoms with Crippen molar-refractivity contribution in [1.82, 2.24) is 0 Å². The summed E-state index contributed by atoms with van der Waals surface area (Å²) in [5, 5.41) is 1.96. The number of rotatable bonds is 2. The molecule has 0 bridgehead atoms. The zero-order valence-electron chi connectivity index (χ0n) is 13.2. The minimum absolute atomic E-state index is 0.402. The predicted octanol–water partition coefficient (Wildman–Crippen LogP) is 8.54. The Balaban J connectivity index is 0.000000244. The molecule has 0 aliphatic rings. The maximum atomic E-state index is 12.5. The average Bonchev–Trinajstić information content (AvgIpc) is 3.22. The van der Waals surface area contributed by atoms with Gasteiger partial charge < -0.3 is 0 Å². The first-order chi connectivity index (χ1) is 12.5. The largest absolute Gasteiger partial charge is 0.425 e. The third kappa shape index (κ3) is 6.81. The molecule has 0 saturated carbocycles. The molecule has 0 saturated heterocycles. The molecule has 0 N–H and O–H groups in total. The molecule has 3 aromatic rings. The molecular formula is C17H10BrClF6S2. The zero-order valence-corrected chi connectivity index (χ0v) is 17.1. The second-order valence-electron chi connectivity index (χ2n) is 5.15. The van der Waals surface area contributed by atoms with Gasteiger partial charge in [-0.1, -0.05) is 33.6 Å². The van der Waals surface area contributed by atoms with E-state index < -0.39 is 22.1 Å². The summed E-state index contributed by atoms with van der Waals surface area (Å²) in [6.07, 6.45) is -8.03. The first-order valence-electron chi connectivity index (χ1n) is 7.17. The van der Waals surface area contributed by atoms with E-state index in [1.54, 1.807) is 12.1 Å². The van der Waals surface area contributed by atoms with E-state index in [1.807, 2.05) is 6.07 Å². The van der Waals surface area contributed by atoms with Crippen molar-refractivity contribution in [3.05, 3.63) is 77.5 Å². The first kappa shape index (κ1) is 22.3. The van der Waals surface area contributed by atoms with E-state index in [1.165, 1.54) is 17.5 Å². The lowest BCUT2D eigenvalue weighted by atomic mass is 10.1. The van der Waals surface area contributed by atoms with Crippen molar-refractivity contribution in [1.29, 1.82) is 0 Å². The highest BCUT2D eigenvalue weighted by Gasteiger charge is 2.32. The Morgan fingerprint density at radius 3 is 2.04 bits per heavy atom. The van der Waals surface area contributed by atoms with Crippen molar-refractivity contribution in [2.45, 2.75) is 18.8 Å². The van der Waals surface area contributed by atoms with Crippen LogP contribution in [-0.2, 0) is 18.8 Å². The Morgan fingerprint density at radius 2 is 1.56 bits per heavy atom. The van der Waals surface area contributed by atoms with E-state index in [4.69, 9.17) is 11.6 Å². The number of thiophene rings is 2. The van der Waals surface area contributed by atoms with Crippen LogP contribution in [0.3, 0.4) is 0 Å². The summed E-state index contributed by atoms with van der Waals surface area (Å²) in [5.41, 5.74) is 0.807. The lowest BCUT2D eigenvalue weighted by Crippen LogP contribution is -2.00. The summed E-state index contributed by atoms with van der Waals surface area (Å²) < 4.78 is 73.1. The van der Waals surface area contributed by atoms with Gasteiger partial charge in [-0.3, -0.25) is 0 Å². The molecule has 146 valence electrons. The molecule has 0 radical (unpaired) electrons. The van der Waals surface area contributed by atoms with Gasteiger partial charge in [0.05, 0.1) is 0 Å². The minimum Gasteiger partial charge on any atom is -0.165 e. The highest BCUT2D eigenvalue weighted by Crippen LogP contribution is 2.36. The third-order valence-corrected chi connectivity index (χ3v) is 6.02. The predicted molar refractivity (Wildman–Crippen MR) is 101 cm³/mol. The normalized spacial score (nSPS) is 11.9. The van der Waals surface area contributed by atoms with Crippen LogP contribution in [0.15, 0.2) is 52.3 Å². The molecule has 0 aliphatic heterocycles. The second kappa shape index (κ2) is 8.98. The molecule has 0 atom stereocenters. The molecule has 10 heteroatoms. The van der Waals surface area contributed by atoms with Gasteiger partial charge in [-0.05, 0) is 47.3 Å². The number of halogens is 8. The molecule has 1 aromatic carbocycles. The molecule has 0 unspecified atom stereocenters. The summed E-state index contributed by atoms with van der Waals surface area (Å²) in [6.45, 7) is 0. The Hall–Kier alpha value is -1.03. The summed E-state index contributed by atoms with van der Waals surface area (Å²) in [6, 6.07) is 10.4. The van der Waals surface area contributed by atoms with Crippen LogP contribution in [0.2, 0.25) is 5.02 Å². The van der Waals surface area contributed by atoms with E-state index in [9.17, 15) is 26.3 Å². The Bertz CT molecular complexity index is 868. The fraction of sp³-hybridized carbons (Fsp3) is 0.176. The summed E-state index contributed by atoms with van der Waals surface area (Å²) in [4.78, 5) is -0.478. The summed E-state index contributed by atoms with van der Waals surface area (Å²) in [5.74, 6) is 0. The van der Waals surface area contributed by atoms with Crippen molar-refractivity contribution < 1.29 is 26.3 Å². The maximum Gasteiger partial charge on any atom is 0.425 e. The number of hydrogen-bond acceptors (Lipinski definition) is 2.